The summed E-state index contributed by atoms with van der Waals surface area (Å²) in [5.41, 5.74) is 1.10. The van der Waals surface area contributed by atoms with Crippen molar-refractivity contribution in [3.05, 3.63) is 28.0 Å². The maximum atomic E-state index is 5.01. The van der Waals surface area contributed by atoms with Gasteiger partial charge in [0.1, 0.15) is 0 Å². The normalized spacial score (nSPS) is 15.7. The van der Waals surface area contributed by atoms with Crippen LogP contribution in [0.4, 0.5) is 0 Å². The van der Waals surface area contributed by atoms with E-state index in [9.17, 15) is 0 Å². The van der Waals surface area contributed by atoms with Gasteiger partial charge in [-0.15, -0.1) is 11.3 Å². The van der Waals surface area contributed by atoms with Gasteiger partial charge in [0, 0.05) is 11.1 Å². The molecule has 2 heterocycles. The number of imidazole rings is 1. The third-order valence-electron chi connectivity index (χ3n) is 2.71. The molecule has 1 aliphatic carbocycles. The fraction of sp³-hybridized carbons (Fsp3) is 0.364. The van der Waals surface area contributed by atoms with Crippen LogP contribution in [0, 0.1) is 10.7 Å². The van der Waals surface area contributed by atoms with Gasteiger partial charge in [-0.25, -0.2) is 0 Å². The molecular weight excluding hydrogens is 224 g/mol. The Morgan fingerprint density at radius 3 is 2.93 bits per heavy atom. The second-order valence-corrected chi connectivity index (χ2v) is 5.65. The van der Waals surface area contributed by atoms with Gasteiger partial charge in [0.05, 0.1) is 10.6 Å². The van der Waals surface area contributed by atoms with Crippen molar-refractivity contribution in [1.29, 1.82) is 0 Å². The smallest absolute Gasteiger partial charge is 0.174 e. The number of H-pyrrole nitrogens is 2. The molecule has 78 valence electrons. The van der Waals surface area contributed by atoms with Crippen molar-refractivity contribution in [3.8, 4) is 10.6 Å². The summed E-state index contributed by atoms with van der Waals surface area (Å²) < 4.78 is 0.696. The van der Waals surface area contributed by atoms with E-state index in [-0.39, 0.29) is 0 Å². The molecular formula is C11H12N2S2. The highest BCUT2D eigenvalue weighted by molar-refractivity contribution is 7.71. The van der Waals surface area contributed by atoms with Gasteiger partial charge in [0.15, 0.2) is 4.77 Å². The molecule has 2 aromatic rings. The molecule has 0 aliphatic heterocycles. The van der Waals surface area contributed by atoms with Crippen LogP contribution in [-0.4, -0.2) is 9.97 Å². The lowest BCUT2D eigenvalue weighted by Gasteiger charge is -1.91. The molecule has 4 heteroatoms. The molecule has 0 atom stereocenters. The van der Waals surface area contributed by atoms with Crippen LogP contribution in [0.5, 0.6) is 0 Å². The molecule has 0 amide bonds. The average molecular weight is 236 g/mol. The van der Waals surface area contributed by atoms with Gasteiger partial charge >= 0.3 is 0 Å². The first-order valence-corrected chi connectivity index (χ1v) is 6.40. The minimum absolute atomic E-state index is 0.696. The second kappa shape index (κ2) is 3.61. The highest BCUT2D eigenvalue weighted by atomic mass is 32.1. The second-order valence-electron chi connectivity index (χ2n) is 4.07. The van der Waals surface area contributed by atoms with E-state index in [1.807, 2.05) is 17.5 Å². The van der Waals surface area contributed by atoms with E-state index in [4.69, 9.17) is 12.2 Å². The average Bonchev–Trinajstić information content (AvgIpc) is 2.74. The molecule has 1 fully saturated rings. The van der Waals surface area contributed by atoms with Crippen LogP contribution in [-0.2, 0) is 6.42 Å². The third-order valence-corrected chi connectivity index (χ3v) is 4.07. The number of thiophene rings is 1. The lowest BCUT2D eigenvalue weighted by atomic mass is 10.2. The summed E-state index contributed by atoms with van der Waals surface area (Å²) >= 11 is 6.88. The summed E-state index contributed by atoms with van der Waals surface area (Å²) in [6.45, 7) is 0. The fourth-order valence-electron chi connectivity index (χ4n) is 1.70. The standard InChI is InChI=1S/C11H12N2S2/c14-11-12-6-9(13-11)10-4-3-8(15-10)5-7-1-2-7/h3-4,6-7H,1-2,5H2,(H2,12,13,14). The molecule has 0 aromatic carbocycles. The highest BCUT2D eigenvalue weighted by Crippen LogP contribution is 2.36. The van der Waals surface area contributed by atoms with Crippen LogP contribution in [0.15, 0.2) is 18.3 Å². The molecule has 0 unspecified atom stereocenters. The summed E-state index contributed by atoms with van der Waals surface area (Å²) in [6.07, 6.45) is 6.03. The first kappa shape index (κ1) is 9.36. The van der Waals surface area contributed by atoms with Gasteiger partial charge in [-0.3, -0.25) is 0 Å². The first-order valence-electron chi connectivity index (χ1n) is 5.18. The Labute approximate surface area is 97.4 Å². The van der Waals surface area contributed by atoms with Crippen LogP contribution in [0.2, 0.25) is 0 Å². The van der Waals surface area contributed by atoms with Crippen LogP contribution in [0.1, 0.15) is 17.7 Å². The van der Waals surface area contributed by atoms with E-state index in [2.05, 4.69) is 22.1 Å². The number of hydrogen-bond donors (Lipinski definition) is 2. The molecule has 1 aliphatic rings. The van der Waals surface area contributed by atoms with Crippen molar-refractivity contribution in [2.24, 2.45) is 5.92 Å². The Kier molecular flexibility index (Phi) is 2.25. The summed E-state index contributed by atoms with van der Waals surface area (Å²) in [6, 6.07) is 4.42. The zero-order valence-corrected chi connectivity index (χ0v) is 9.88. The summed E-state index contributed by atoms with van der Waals surface area (Å²) in [5, 5.41) is 0. The van der Waals surface area contributed by atoms with Crippen molar-refractivity contribution in [1.82, 2.24) is 9.97 Å². The molecule has 0 radical (unpaired) electrons. The van der Waals surface area contributed by atoms with Crippen molar-refractivity contribution in [2.45, 2.75) is 19.3 Å². The molecule has 2 N–H and O–H groups in total. The van der Waals surface area contributed by atoms with E-state index in [0.29, 0.717) is 4.77 Å². The zero-order chi connectivity index (χ0) is 10.3. The quantitative estimate of drug-likeness (QED) is 0.781. The van der Waals surface area contributed by atoms with Gasteiger partial charge in [-0.1, -0.05) is 0 Å². The van der Waals surface area contributed by atoms with Crippen molar-refractivity contribution < 1.29 is 0 Å². The number of nitrogens with one attached hydrogen (secondary N) is 2. The van der Waals surface area contributed by atoms with Crippen LogP contribution < -0.4 is 0 Å². The molecule has 0 saturated heterocycles. The van der Waals surface area contributed by atoms with Crippen molar-refractivity contribution in [3.63, 3.8) is 0 Å². The van der Waals surface area contributed by atoms with E-state index >= 15 is 0 Å². The summed E-state index contributed by atoms with van der Waals surface area (Å²) in [7, 11) is 0. The Bertz CT molecular complexity index is 516. The summed E-state index contributed by atoms with van der Waals surface area (Å²) in [5.74, 6) is 0.959. The van der Waals surface area contributed by atoms with Crippen LogP contribution in [0.25, 0.3) is 10.6 Å². The summed E-state index contributed by atoms with van der Waals surface area (Å²) in [4.78, 5) is 8.91. The zero-order valence-electron chi connectivity index (χ0n) is 8.25. The molecule has 15 heavy (non-hydrogen) atoms. The van der Waals surface area contributed by atoms with E-state index in [1.165, 1.54) is 29.0 Å². The maximum Gasteiger partial charge on any atom is 0.174 e. The molecule has 0 bridgehead atoms. The topological polar surface area (TPSA) is 31.6 Å². The molecule has 2 aromatic heterocycles. The molecule has 3 rings (SSSR count). The van der Waals surface area contributed by atoms with Crippen LogP contribution in [0.3, 0.4) is 0 Å². The molecule has 0 spiro atoms. The SMILES string of the molecule is S=c1[nH]cc(-c2ccc(CC3CC3)s2)[nH]1. The van der Waals surface area contributed by atoms with E-state index in [1.54, 1.807) is 0 Å². The highest BCUT2D eigenvalue weighted by Gasteiger charge is 2.22. The fourth-order valence-corrected chi connectivity index (χ4v) is 2.97. The van der Waals surface area contributed by atoms with E-state index in [0.717, 1.165) is 11.6 Å². The van der Waals surface area contributed by atoms with Gasteiger partial charge in [-0.05, 0) is 49.5 Å². The van der Waals surface area contributed by atoms with Gasteiger partial charge in [0.2, 0.25) is 0 Å². The molecule has 2 nitrogen and oxygen atoms in total. The monoisotopic (exact) mass is 236 g/mol. The third kappa shape index (κ3) is 2.06. The lowest BCUT2D eigenvalue weighted by molar-refractivity contribution is 0.846. The Hall–Kier alpha value is -0.870. The van der Waals surface area contributed by atoms with Gasteiger partial charge < -0.3 is 9.97 Å². The number of hydrogen-bond acceptors (Lipinski definition) is 2. The molecule has 1 saturated carbocycles. The maximum absolute atomic E-state index is 5.01. The Morgan fingerprint density at radius 1 is 1.40 bits per heavy atom. The Morgan fingerprint density at radius 2 is 2.27 bits per heavy atom. The predicted octanol–water partition coefficient (Wildman–Crippen LogP) is 3.75. The van der Waals surface area contributed by atoms with Crippen molar-refractivity contribution >= 4 is 23.6 Å². The van der Waals surface area contributed by atoms with Gasteiger partial charge in [0.25, 0.3) is 0 Å². The minimum Gasteiger partial charge on any atom is -0.337 e. The van der Waals surface area contributed by atoms with E-state index < -0.39 is 0 Å². The van der Waals surface area contributed by atoms with Crippen molar-refractivity contribution in [2.75, 3.05) is 0 Å². The largest absolute Gasteiger partial charge is 0.337 e. The predicted molar refractivity (Wildman–Crippen MR) is 65.7 cm³/mol. The van der Waals surface area contributed by atoms with Crippen LogP contribution >= 0.6 is 23.6 Å². The van der Waals surface area contributed by atoms with Gasteiger partial charge in [-0.2, -0.15) is 0 Å². The first-order chi connectivity index (χ1) is 7.31. The number of aromatic nitrogens is 2. The number of rotatable bonds is 3. The lowest BCUT2D eigenvalue weighted by Crippen LogP contribution is -1.79. The number of aromatic amines is 2. The Balaban J connectivity index is 1.85. The minimum atomic E-state index is 0.696.